The normalized spacial score (nSPS) is 26.7. The fraction of sp³-hybridized carbons (Fsp3) is 0.714. The standard InChI is InChI=1S/C14H22N2O4S/c1-10-14(5-6-20-10)15(2)21(18,19)13-7-12(9-17)16(8-13)11-3-4-11/h7-8,10-11,14,17H,3-6,9H2,1-2H3. The number of aliphatic hydroxyl groups is 1. The molecule has 21 heavy (non-hydrogen) atoms. The SMILES string of the molecule is CC1OCCC1N(C)S(=O)(=O)c1cc(CO)n(C2CC2)c1. The van der Waals surface area contributed by atoms with Gasteiger partial charge in [-0.1, -0.05) is 0 Å². The Morgan fingerprint density at radius 1 is 1.43 bits per heavy atom. The van der Waals surface area contributed by atoms with Crippen LogP contribution in [0.15, 0.2) is 17.2 Å². The van der Waals surface area contributed by atoms with Crippen LogP contribution in [-0.4, -0.2) is 48.2 Å². The molecule has 0 aromatic carbocycles. The molecule has 1 saturated heterocycles. The van der Waals surface area contributed by atoms with E-state index in [-0.39, 0.29) is 23.6 Å². The van der Waals surface area contributed by atoms with Crippen LogP contribution >= 0.6 is 0 Å². The van der Waals surface area contributed by atoms with Crippen molar-refractivity contribution in [3.63, 3.8) is 0 Å². The highest BCUT2D eigenvalue weighted by atomic mass is 32.2. The zero-order valence-electron chi connectivity index (χ0n) is 12.4. The van der Waals surface area contributed by atoms with Gasteiger partial charge >= 0.3 is 0 Å². The van der Waals surface area contributed by atoms with Crippen LogP contribution in [0.4, 0.5) is 0 Å². The molecule has 1 saturated carbocycles. The lowest BCUT2D eigenvalue weighted by atomic mass is 10.2. The highest BCUT2D eigenvalue weighted by molar-refractivity contribution is 7.89. The lowest BCUT2D eigenvalue weighted by molar-refractivity contribution is 0.102. The maximum atomic E-state index is 12.8. The molecule has 0 spiro atoms. The van der Waals surface area contributed by atoms with Gasteiger partial charge in [0, 0.05) is 31.6 Å². The molecule has 0 amide bonds. The molecule has 0 radical (unpaired) electrons. The van der Waals surface area contributed by atoms with Crippen LogP contribution in [0.2, 0.25) is 0 Å². The Labute approximate surface area is 125 Å². The van der Waals surface area contributed by atoms with Crippen molar-refractivity contribution in [1.82, 2.24) is 8.87 Å². The quantitative estimate of drug-likeness (QED) is 0.884. The van der Waals surface area contributed by atoms with E-state index in [1.807, 2.05) is 11.5 Å². The van der Waals surface area contributed by atoms with E-state index in [1.54, 1.807) is 19.3 Å². The molecule has 118 valence electrons. The topological polar surface area (TPSA) is 71.8 Å². The van der Waals surface area contributed by atoms with Gasteiger partial charge in [-0.3, -0.25) is 0 Å². The van der Waals surface area contributed by atoms with E-state index in [9.17, 15) is 13.5 Å². The first-order chi connectivity index (χ1) is 9.95. The number of nitrogens with zero attached hydrogens (tertiary/aromatic N) is 2. The summed E-state index contributed by atoms with van der Waals surface area (Å²) in [6, 6.07) is 1.80. The number of aliphatic hydroxyl groups excluding tert-OH is 1. The summed E-state index contributed by atoms with van der Waals surface area (Å²) >= 11 is 0. The van der Waals surface area contributed by atoms with Crippen LogP contribution in [0.25, 0.3) is 0 Å². The molecule has 3 rings (SSSR count). The van der Waals surface area contributed by atoms with Gasteiger partial charge in [0.25, 0.3) is 0 Å². The van der Waals surface area contributed by atoms with Crippen LogP contribution in [0, 0.1) is 0 Å². The molecule has 1 aliphatic carbocycles. The molecule has 2 heterocycles. The van der Waals surface area contributed by atoms with Gasteiger partial charge in [-0.2, -0.15) is 4.31 Å². The predicted molar refractivity (Wildman–Crippen MR) is 77.4 cm³/mol. The van der Waals surface area contributed by atoms with Crippen molar-refractivity contribution >= 4 is 10.0 Å². The van der Waals surface area contributed by atoms with Gasteiger partial charge in [0.1, 0.15) is 4.90 Å². The van der Waals surface area contributed by atoms with Gasteiger partial charge in [-0.15, -0.1) is 0 Å². The summed E-state index contributed by atoms with van der Waals surface area (Å²) in [4.78, 5) is 0.264. The summed E-state index contributed by atoms with van der Waals surface area (Å²) in [5, 5.41) is 9.42. The number of likely N-dealkylation sites (N-methyl/N-ethyl adjacent to an activating group) is 1. The number of sulfonamides is 1. The Morgan fingerprint density at radius 2 is 2.14 bits per heavy atom. The first-order valence-corrected chi connectivity index (χ1v) is 8.80. The van der Waals surface area contributed by atoms with Gasteiger partial charge in [0.05, 0.1) is 18.8 Å². The number of ether oxygens (including phenoxy) is 1. The van der Waals surface area contributed by atoms with Crippen molar-refractivity contribution in [3.8, 4) is 0 Å². The van der Waals surface area contributed by atoms with E-state index in [2.05, 4.69) is 0 Å². The monoisotopic (exact) mass is 314 g/mol. The third kappa shape index (κ3) is 2.63. The van der Waals surface area contributed by atoms with Crippen molar-refractivity contribution in [2.75, 3.05) is 13.7 Å². The van der Waals surface area contributed by atoms with E-state index in [0.717, 1.165) is 12.8 Å². The minimum absolute atomic E-state index is 0.0902. The number of hydrogen-bond donors (Lipinski definition) is 1. The van der Waals surface area contributed by atoms with Gasteiger partial charge in [0.15, 0.2) is 0 Å². The van der Waals surface area contributed by atoms with Crippen molar-refractivity contribution in [3.05, 3.63) is 18.0 Å². The van der Waals surface area contributed by atoms with Crippen molar-refractivity contribution in [2.24, 2.45) is 0 Å². The van der Waals surface area contributed by atoms with E-state index in [0.29, 0.717) is 24.8 Å². The van der Waals surface area contributed by atoms with E-state index in [1.165, 1.54) is 4.31 Å². The molecule has 1 aromatic rings. The van der Waals surface area contributed by atoms with Crippen molar-refractivity contribution in [2.45, 2.75) is 55.9 Å². The number of aromatic nitrogens is 1. The smallest absolute Gasteiger partial charge is 0.244 e. The third-order valence-corrected chi connectivity index (χ3v) is 6.34. The minimum atomic E-state index is -3.55. The molecule has 2 atom stereocenters. The second-order valence-electron chi connectivity index (χ2n) is 5.92. The van der Waals surface area contributed by atoms with Crippen molar-refractivity contribution in [1.29, 1.82) is 0 Å². The molecule has 7 heteroatoms. The zero-order chi connectivity index (χ0) is 15.2. The van der Waals surface area contributed by atoms with Crippen LogP contribution in [0.1, 0.15) is 37.9 Å². The van der Waals surface area contributed by atoms with Gasteiger partial charge in [-0.05, 0) is 32.3 Å². The van der Waals surface area contributed by atoms with Crippen LogP contribution in [0.5, 0.6) is 0 Å². The summed E-state index contributed by atoms with van der Waals surface area (Å²) in [7, 11) is -1.94. The lowest BCUT2D eigenvalue weighted by Crippen LogP contribution is -2.40. The molecule has 1 aliphatic heterocycles. The zero-order valence-corrected chi connectivity index (χ0v) is 13.2. The summed E-state index contributed by atoms with van der Waals surface area (Å²) < 4.78 is 34.3. The van der Waals surface area contributed by atoms with Gasteiger partial charge < -0.3 is 14.4 Å². The molecule has 1 N–H and O–H groups in total. The average molecular weight is 314 g/mol. The maximum absolute atomic E-state index is 12.8. The highest BCUT2D eigenvalue weighted by Gasteiger charge is 2.36. The van der Waals surface area contributed by atoms with Crippen LogP contribution in [0.3, 0.4) is 0 Å². The number of rotatable bonds is 5. The summed E-state index contributed by atoms with van der Waals surface area (Å²) in [6.07, 6.45) is 4.38. The first kappa shape index (κ1) is 15.0. The van der Waals surface area contributed by atoms with Gasteiger partial charge in [0.2, 0.25) is 10.0 Å². The Bertz CT molecular complexity index is 621. The molecular formula is C14H22N2O4S. The second kappa shape index (κ2) is 5.39. The predicted octanol–water partition coefficient (Wildman–Crippen LogP) is 1.11. The Kier molecular flexibility index (Phi) is 3.85. The minimum Gasteiger partial charge on any atom is -0.390 e. The maximum Gasteiger partial charge on any atom is 0.244 e. The number of hydrogen-bond acceptors (Lipinski definition) is 4. The Morgan fingerprint density at radius 3 is 2.67 bits per heavy atom. The van der Waals surface area contributed by atoms with Crippen LogP contribution < -0.4 is 0 Å². The fourth-order valence-corrected chi connectivity index (χ4v) is 4.50. The van der Waals surface area contributed by atoms with E-state index >= 15 is 0 Å². The fourth-order valence-electron chi connectivity index (χ4n) is 3.00. The third-order valence-electron chi connectivity index (χ3n) is 4.49. The lowest BCUT2D eigenvalue weighted by Gasteiger charge is -2.25. The van der Waals surface area contributed by atoms with Crippen LogP contribution in [-0.2, 0) is 21.4 Å². The van der Waals surface area contributed by atoms with Gasteiger partial charge in [-0.25, -0.2) is 8.42 Å². The molecule has 2 unspecified atom stereocenters. The summed E-state index contributed by atoms with van der Waals surface area (Å²) in [5.74, 6) is 0. The van der Waals surface area contributed by atoms with E-state index < -0.39 is 10.0 Å². The molecule has 0 bridgehead atoms. The molecule has 1 aromatic heterocycles. The Hall–Kier alpha value is -0.890. The highest BCUT2D eigenvalue weighted by Crippen LogP contribution is 2.38. The average Bonchev–Trinajstić information content (AvgIpc) is 3.06. The second-order valence-corrected chi connectivity index (χ2v) is 7.91. The Balaban J connectivity index is 1.90. The molecular weight excluding hydrogens is 292 g/mol. The summed E-state index contributed by atoms with van der Waals surface area (Å²) in [5.41, 5.74) is 0.667. The molecule has 2 fully saturated rings. The molecule has 6 nitrogen and oxygen atoms in total. The van der Waals surface area contributed by atoms with E-state index in [4.69, 9.17) is 4.74 Å². The van der Waals surface area contributed by atoms with Crippen molar-refractivity contribution < 1.29 is 18.3 Å². The summed E-state index contributed by atoms with van der Waals surface area (Å²) in [6.45, 7) is 2.35. The first-order valence-electron chi connectivity index (χ1n) is 7.36. The molecule has 2 aliphatic rings. The largest absolute Gasteiger partial charge is 0.390 e.